The molecule has 4 nitrogen and oxygen atoms in total. The zero-order valence-electron chi connectivity index (χ0n) is 13.7. The quantitative estimate of drug-likeness (QED) is 0.560. The van der Waals surface area contributed by atoms with E-state index in [1.165, 1.54) is 0 Å². The molecule has 1 aromatic heterocycles. The number of fused-ring (bicyclic) bond motifs is 1. The van der Waals surface area contributed by atoms with Crippen LogP contribution in [0.2, 0.25) is 0 Å². The molecule has 0 aliphatic carbocycles. The van der Waals surface area contributed by atoms with Crippen LogP contribution in [0.1, 0.15) is 11.1 Å². The molecule has 3 rings (SSSR count). The maximum atomic E-state index is 12.2. The van der Waals surface area contributed by atoms with Gasteiger partial charge in [-0.05, 0) is 66.8 Å². The minimum absolute atomic E-state index is 0.0502. The standard InChI is InChI=1S/C19H18BrN3OS/c1-12-5-6-13-10-14(18(24)23-17(13)9-12)7-8-21-19(25)22-16-4-2-3-15(20)11-16/h2-6,9-11H,7-8H2,1H3,(H,23,24)(H2,21,22,25). The number of hydrogen-bond donors (Lipinski definition) is 3. The number of thiocarbonyl (C=S) groups is 1. The van der Waals surface area contributed by atoms with Crippen molar-refractivity contribution in [1.82, 2.24) is 10.3 Å². The van der Waals surface area contributed by atoms with Crippen molar-refractivity contribution in [2.45, 2.75) is 13.3 Å². The summed E-state index contributed by atoms with van der Waals surface area (Å²) in [7, 11) is 0. The van der Waals surface area contributed by atoms with Gasteiger partial charge in [-0.1, -0.05) is 34.1 Å². The van der Waals surface area contributed by atoms with Gasteiger partial charge >= 0.3 is 0 Å². The van der Waals surface area contributed by atoms with Crippen molar-refractivity contribution >= 4 is 49.9 Å². The van der Waals surface area contributed by atoms with Gasteiger partial charge in [0.25, 0.3) is 5.56 Å². The van der Waals surface area contributed by atoms with E-state index in [4.69, 9.17) is 12.2 Å². The van der Waals surface area contributed by atoms with Gasteiger partial charge in [0.1, 0.15) is 0 Å². The third kappa shape index (κ3) is 4.67. The third-order valence-electron chi connectivity index (χ3n) is 3.84. The Morgan fingerprint density at radius 2 is 2.04 bits per heavy atom. The first-order chi connectivity index (χ1) is 12.0. The Morgan fingerprint density at radius 1 is 1.20 bits per heavy atom. The van der Waals surface area contributed by atoms with Crippen LogP contribution >= 0.6 is 28.1 Å². The highest BCUT2D eigenvalue weighted by Crippen LogP contribution is 2.15. The number of anilines is 1. The molecule has 0 saturated heterocycles. The third-order valence-corrected chi connectivity index (χ3v) is 4.58. The van der Waals surface area contributed by atoms with Gasteiger partial charge in [0.15, 0.2) is 5.11 Å². The summed E-state index contributed by atoms with van der Waals surface area (Å²) in [6.45, 7) is 2.59. The summed E-state index contributed by atoms with van der Waals surface area (Å²) in [5.41, 5.74) is 3.60. The fourth-order valence-electron chi connectivity index (χ4n) is 2.60. The number of aromatic nitrogens is 1. The molecule has 128 valence electrons. The molecule has 6 heteroatoms. The van der Waals surface area contributed by atoms with Gasteiger partial charge < -0.3 is 15.6 Å². The highest BCUT2D eigenvalue weighted by molar-refractivity contribution is 9.10. The summed E-state index contributed by atoms with van der Waals surface area (Å²) in [6, 6.07) is 15.8. The fourth-order valence-corrected chi connectivity index (χ4v) is 3.22. The normalized spacial score (nSPS) is 10.6. The predicted octanol–water partition coefficient (Wildman–Crippen LogP) is 4.13. The molecule has 0 amide bonds. The molecule has 0 fully saturated rings. The number of aromatic amines is 1. The van der Waals surface area contributed by atoms with Crippen LogP contribution < -0.4 is 16.2 Å². The van der Waals surface area contributed by atoms with Crippen LogP contribution in [0.25, 0.3) is 10.9 Å². The summed E-state index contributed by atoms with van der Waals surface area (Å²) < 4.78 is 0.984. The van der Waals surface area contributed by atoms with Crippen molar-refractivity contribution in [1.29, 1.82) is 0 Å². The summed E-state index contributed by atoms with van der Waals surface area (Å²) >= 11 is 8.72. The smallest absolute Gasteiger partial charge is 0.251 e. The van der Waals surface area contributed by atoms with E-state index in [-0.39, 0.29) is 5.56 Å². The molecule has 0 bridgehead atoms. The van der Waals surface area contributed by atoms with Crippen LogP contribution in [0.3, 0.4) is 0 Å². The minimum atomic E-state index is -0.0502. The number of nitrogens with one attached hydrogen (secondary N) is 3. The van der Waals surface area contributed by atoms with Crippen molar-refractivity contribution in [2.24, 2.45) is 0 Å². The molecular formula is C19H18BrN3OS. The second-order valence-corrected chi connectivity index (χ2v) is 7.18. The van der Waals surface area contributed by atoms with E-state index < -0.39 is 0 Å². The maximum Gasteiger partial charge on any atom is 0.251 e. The van der Waals surface area contributed by atoms with Crippen molar-refractivity contribution in [3.63, 3.8) is 0 Å². The van der Waals surface area contributed by atoms with E-state index in [1.807, 2.05) is 55.5 Å². The lowest BCUT2D eigenvalue weighted by molar-refractivity contribution is 0.863. The lowest BCUT2D eigenvalue weighted by atomic mass is 10.1. The van der Waals surface area contributed by atoms with E-state index in [0.717, 1.165) is 32.2 Å². The first kappa shape index (κ1) is 17.6. The van der Waals surface area contributed by atoms with Crippen LogP contribution in [0.15, 0.2) is 57.8 Å². The molecule has 0 spiro atoms. The Hall–Kier alpha value is -2.18. The predicted molar refractivity (Wildman–Crippen MR) is 111 cm³/mol. The number of benzene rings is 2. The molecule has 0 radical (unpaired) electrons. The largest absolute Gasteiger partial charge is 0.362 e. The van der Waals surface area contributed by atoms with Crippen molar-refractivity contribution in [3.8, 4) is 0 Å². The Kier molecular flexibility index (Phi) is 5.50. The SMILES string of the molecule is Cc1ccc2cc(CCNC(=S)Nc3cccc(Br)c3)c(=O)[nH]c2c1. The number of aryl methyl sites for hydroxylation is 1. The van der Waals surface area contributed by atoms with Crippen molar-refractivity contribution < 1.29 is 0 Å². The maximum absolute atomic E-state index is 12.2. The average molecular weight is 416 g/mol. The van der Waals surface area contributed by atoms with E-state index in [1.54, 1.807) is 0 Å². The molecule has 0 saturated carbocycles. The van der Waals surface area contributed by atoms with Crippen LogP contribution in [-0.2, 0) is 6.42 Å². The van der Waals surface area contributed by atoms with E-state index in [2.05, 4.69) is 31.5 Å². The molecule has 0 unspecified atom stereocenters. The van der Waals surface area contributed by atoms with E-state index in [0.29, 0.717) is 18.1 Å². The number of H-pyrrole nitrogens is 1. The summed E-state index contributed by atoms with van der Waals surface area (Å²) in [5.74, 6) is 0. The minimum Gasteiger partial charge on any atom is -0.362 e. The second kappa shape index (κ2) is 7.80. The molecule has 0 aliphatic heterocycles. The lowest BCUT2D eigenvalue weighted by Gasteiger charge is -2.11. The average Bonchev–Trinajstić information content (AvgIpc) is 2.55. The first-order valence-electron chi connectivity index (χ1n) is 7.94. The summed E-state index contributed by atoms with van der Waals surface area (Å²) in [4.78, 5) is 15.2. The Bertz CT molecular complexity index is 984. The number of pyridine rings is 1. The number of rotatable bonds is 4. The second-order valence-electron chi connectivity index (χ2n) is 5.86. The van der Waals surface area contributed by atoms with Gasteiger partial charge in [-0.3, -0.25) is 4.79 Å². The fraction of sp³-hybridized carbons (Fsp3) is 0.158. The molecule has 1 heterocycles. The molecule has 0 aliphatic rings. The van der Waals surface area contributed by atoms with E-state index in [9.17, 15) is 4.79 Å². The Balaban J connectivity index is 1.61. The Morgan fingerprint density at radius 3 is 2.84 bits per heavy atom. The van der Waals surface area contributed by atoms with Crippen molar-refractivity contribution in [2.75, 3.05) is 11.9 Å². The van der Waals surface area contributed by atoms with Crippen LogP contribution in [0, 0.1) is 6.92 Å². The number of halogens is 1. The van der Waals surface area contributed by atoms with Crippen LogP contribution in [0.4, 0.5) is 5.69 Å². The molecule has 0 atom stereocenters. The van der Waals surface area contributed by atoms with Gasteiger partial charge in [-0.2, -0.15) is 0 Å². The van der Waals surface area contributed by atoms with Gasteiger partial charge in [0.05, 0.1) is 0 Å². The Labute approximate surface area is 159 Å². The molecular weight excluding hydrogens is 398 g/mol. The monoisotopic (exact) mass is 415 g/mol. The van der Waals surface area contributed by atoms with E-state index >= 15 is 0 Å². The summed E-state index contributed by atoms with van der Waals surface area (Å²) in [6.07, 6.45) is 0.597. The molecule has 3 N–H and O–H groups in total. The molecule has 25 heavy (non-hydrogen) atoms. The lowest BCUT2D eigenvalue weighted by Crippen LogP contribution is -2.31. The zero-order valence-corrected chi connectivity index (χ0v) is 16.1. The van der Waals surface area contributed by atoms with Gasteiger partial charge in [0, 0.05) is 27.8 Å². The summed E-state index contributed by atoms with van der Waals surface area (Å²) in [5, 5.41) is 7.83. The topological polar surface area (TPSA) is 56.9 Å². The van der Waals surface area contributed by atoms with Gasteiger partial charge in [-0.15, -0.1) is 0 Å². The highest BCUT2D eigenvalue weighted by Gasteiger charge is 2.04. The number of hydrogen-bond acceptors (Lipinski definition) is 2. The van der Waals surface area contributed by atoms with Gasteiger partial charge in [0.2, 0.25) is 0 Å². The zero-order chi connectivity index (χ0) is 17.8. The first-order valence-corrected chi connectivity index (χ1v) is 9.14. The van der Waals surface area contributed by atoms with Crippen molar-refractivity contribution in [3.05, 3.63) is 74.5 Å². The highest BCUT2D eigenvalue weighted by atomic mass is 79.9. The molecule has 3 aromatic rings. The van der Waals surface area contributed by atoms with Crippen LogP contribution in [-0.4, -0.2) is 16.6 Å². The van der Waals surface area contributed by atoms with Gasteiger partial charge in [-0.25, -0.2) is 0 Å². The van der Waals surface area contributed by atoms with Crippen LogP contribution in [0.5, 0.6) is 0 Å². The molecule has 2 aromatic carbocycles.